The van der Waals surface area contributed by atoms with Crippen molar-refractivity contribution in [1.82, 2.24) is 4.31 Å². The van der Waals surface area contributed by atoms with Crippen LogP contribution >= 0.6 is 0 Å². The van der Waals surface area contributed by atoms with Crippen LogP contribution in [0, 0.1) is 0 Å². The van der Waals surface area contributed by atoms with Crippen LogP contribution in [0.1, 0.15) is 38.5 Å². The van der Waals surface area contributed by atoms with E-state index in [9.17, 15) is 18.0 Å². The van der Waals surface area contributed by atoms with Gasteiger partial charge in [0, 0.05) is 25.9 Å². The number of rotatable bonds is 4. The van der Waals surface area contributed by atoms with Crippen molar-refractivity contribution >= 4 is 27.5 Å². The maximum absolute atomic E-state index is 13.0. The SMILES string of the molecule is COc1ccc(S(=O)(=O)N2CCCCCC2)cc1N1C(=O)CCC1=O. The minimum Gasteiger partial charge on any atom is -0.495 e. The molecule has 0 N–H and O–H groups in total. The molecule has 2 heterocycles. The average Bonchev–Trinajstić information content (AvgIpc) is 2.82. The van der Waals surface area contributed by atoms with E-state index in [2.05, 4.69) is 0 Å². The lowest BCUT2D eigenvalue weighted by Gasteiger charge is -2.22. The Labute approximate surface area is 147 Å². The van der Waals surface area contributed by atoms with Gasteiger partial charge in [-0.1, -0.05) is 12.8 Å². The van der Waals surface area contributed by atoms with Gasteiger partial charge in [0.05, 0.1) is 17.7 Å². The fourth-order valence-electron chi connectivity index (χ4n) is 3.28. The number of benzene rings is 1. The molecular formula is C17H22N2O5S. The smallest absolute Gasteiger partial charge is 0.243 e. The van der Waals surface area contributed by atoms with Crippen molar-refractivity contribution in [2.75, 3.05) is 25.1 Å². The summed E-state index contributed by atoms with van der Waals surface area (Å²) in [4.78, 5) is 25.2. The van der Waals surface area contributed by atoms with Gasteiger partial charge in [-0.2, -0.15) is 4.31 Å². The molecule has 0 aromatic heterocycles. The van der Waals surface area contributed by atoms with E-state index in [-0.39, 0.29) is 35.2 Å². The van der Waals surface area contributed by atoms with Crippen LogP contribution in [0.4, 0.5) is 5.69 Å². The number of ether oxygens (including phenoxy) is 1. The number of hydrogen-bond acceptors (Lipinski definition) is 5. The molecule has 7 nitrogen and oxygen atoms in total. The molecule has 0 radical (unpaired) electrons. The van der Waals surface area contributed by atoms with Crippen LogP contribution in [0.15, 0.2) is 23.1 Å². The molecule has 1 aromatic rings. The van der Waals surface area contributed by atoms with Crippen molar-refractivity contribution in [2.24, 2.45) is 0 Å². The topological polar surface area (TPSA) is 84.0 Å². The molecular weight excluding hydrogens is 344 g/mol. The number of imide groups is 1. The number of sulfonamides is 1. The third kappa shape index (κ3) is 3.41. The second kappa shape index (κ2) is 7.13. The zero-order valence-electron chi connectivity index (χ0n) is 14.2. The second-order valence-corrected chi connectivity index (χ2v) is 8.21. The zero-order valence-corrected chi connectivity index (χ0v) is 15.0. The summed E-state index contributed by atoms with van der Waals surface area (Å²) < 4.78 is 32.7. The molecule has 2 saturated heterocycles. The van der Waals surface area contributed by atoms with Gasteiger partial charge in [-0.25, -0.2) is 13.3 Å². The summed E-state index contributed by atoms with van der Waals surface area (Å²) in [5.41, 5.74) is 0.200. The largest absolute Gasteiger partial charge is 0.495 e. The molecule has 2 aliphatic heterocycles. The number of carbonyl (C=O) groups is 2. The van der Waals surface area contributed by atoms with Gasteiger partial charge in [-0.15, -0.1) is 0 Å². The number of anilines is 1. The summed E-state index contributed by atoms with van der Waals surface area (Å²) in [5.74, 6) is -0.376. The average molecular weight is 366 g/mol. The quantitative estimate of drug-likeness (QED) is 0.760. The van der Waals surface area contributed by atoms with Crippen molar-refractivity contribution in [3.8, 4) is 5.75 Å². The molecule has 25 heavy (non-hydrogen) atoms. The van der Waals surface area contributed by atoms with Gasteiger partial charge in [-0.3, -0.25) is 9.59 Å². The van der Waals surface area contributed by atoms with E-state index in [4.69, 9.17) is 4.74 Å². The molecule has 2 amide bonds. The van der Waals surface area contributed by atoms with Gasteiger partial charge in [0.15, 0.2) is 0 Å². The third-order valence-corrected chi connectivity index (χ3v) is 6.54. The first-order valence-electron chi connectivity index (χ1n) is 8.49. The van der Waals surface area contributed by atoms with Crippen LogP contribution in [-0.2, 0) is 19.6 Å². The summed E-state index contributed by atoms with van der Waals surface area (Å²) >= 11 is 0. The van der Waals surface area contributed by atoms with Crippen LogP contribution in [0.3, 0.4) is 0 Å². The van der Waals surface area contributed by atoms with Crippen molar-refractivity contribution in [2.45, 2.75) is 43.4 Å². The van der Waals surface area contributed by atoms with Crippen LogP contribution in [0.5, 0.6) is 5.75 Å². The Balaban J connectivity index is 2.01. The minimum atomic E-state index is -3.67. The van der Waals surface area contributed by atoms with Gasteiger partial charge in [0.25, 0.3) is 0 Å². The number of carbonyl (C=O) groups excluding carboxylic acids is 2. The fourth-order valence-corrected chi connectivity index (χ4v) is 4.82. The summed E-state index contributed by atoms with van der Waals surface area (Å²) in [5, 5.41) is 0. The second-order valence-electron chi connectivity index (χ2n) is 6.27. The van der Waals surface area contributed by atoms with Crippen molar-refractivity contribution in [3.63, 3.8) is 0 Å². The molecule has 2 aliphatic rings. The lowest BCUT2D eigenvalue weighted by Crippen LogP contribution is -2.33. The van der Waals surface area contributed by atoms with E-state index < -0.39 is 10.0 Å². The minimum absolute atomic E-state index is 0.0812. The Morgan fingerprint density at radius 3 is 2.12 bits per heavy atom. The van der Waals surface area contributed by atoms with Crippen LogP contribution in [0.25, 0.3) is 0 Å². The fraction of sp³-hybridized carbons (Fsp3) is 0.529. The predicted molar refractivity (Wildman–Crippen MR) is 91.9 cm³/mol. The number of methoxy groups -OCH3 is 1. The molecule has 0 spiro atoms. The monoisotopic (exact) mass is 366 g/mol. The Morgan fingerprint density at radius 2 is 1.56 bits per heavy atom. The number of hydrogen-bond donors (Lipinski definition) is 0. The molecule has 0 aliphatic carbocycles. The molecule has 1 aromatic carbocycles. The van der Waals surface area contributed by atoms with Crippen LogP contribution in [0.2, 0.25) is 0 Å². The Morgan fingerprint density at radius 1 is 0.960 bits per heavy atom. The molecule has 0 atom stereocenters. The highest BCUT2D eigenvalue weighted by molar-refractivity contribution is 7.89. The zero-order chi connectivity index (χ0) is 18.0. The van der Waals surface area contributed by atoms with Gasteiger partial charge < -0.3 is 4.74 Å². The lowest BCUT2D eigenvalue weighted by molar-refractivity contribution is -0.121. The van der Waals surface area contributed by atoms with E-state index >= 15 is 0 Å². The van der Waals surface area contributed by atoms with E-state index in [1.807, 2.05) is 0 Å². The number of nitrogens with zero attached hydrogens (tertiary/aromatic N) is 2. The van der Waals surface area contributed by atoms with E-state index in [1.54, 1.807) is 0 Å². The van der Waals surface area contributed by atoms with Gasteiger partial charge in [0.2, 0.25) is 21.8 Å². The van der Waals surface area contributed by atoms with Crippen molar-refractivity contribution < 1.29 is 22.7 Å². The third-order valence-electron chi connectivity index (χ3n) is 4.65. The Bertz CT molecular complexity index is 766. The van der Waals surface area contributed by atoms with E-state index in [1.165, 1.54) is 29.6 Å². The van der Waals surface area contributed by atoms with Gasteiger partial charge in [0.1, 0.15) is 5.75 Å². The molecule has 0 saturated carbocycles. The summed E-state index contributed by atoms with van der Waals surface area (Å²) in [7, 11) is -2.25. The van der Waals surface area contributed by atoms with Crippen LogP contribution < -0.4 is 9.64 Å². The Hall–Kier alpha value is -1.93. The highest BCUT2D eigenvalue weighted by Crippen LogP contribution is 2.35. The van der Waals surface area contributed by atoms with E-state index in [0.29, 0.717) is 18.8 Å². The summed E-state index contributed by atoms with van der Waals surface area (Å²) in [6.45, 7) is 0.983. The molecule has 8 heteroatoms. The first-order chi connectivity index (χ1) is 11.9. The highest BCUT2D eigenvalue weighted by atomic mass is 32.2. The molecule has 2 fully saturated rings. The molecule has 0 bridgehead atoms. The van der Waals surface area contributed by atoms with Crippen LogP contribution in [-0.4, -0.2) is 44.7 Å². The lowest BCUT2D eigenvalue weighted by atomic mass is 10.2. The van der Waals surface area contributed by atoms with Gasteiger partial charge >= 0.3 is 0 Å². The predicted octanol–water partition coefficient (Wildman–Crippen LogP) is 1.91. The summed E-state index contributed by atoms with van der Waals surface area (Å²) in [6.07, 6.45) is 3.99. The summed E-state index contributed by atoms with van der Waals surface area (Å²) in [6, 6.07) is 4.34. The highest BCUT2D eigenvalue weighted by Gasteiger charge is 2.34. The van der Waals surface area contributed by atoms with Crippen molar-refractivity contribution in [1.29, 1.82) is 0 Å². The van der Waals surface area contributed by atoms with Gasteiger partial charge in [-0.05, 0) is 31.0 Å². The maximum atomic E-state index is 13.0. The molecule has 0 unspecified atom stereocenters. The standard InChI is InChI=1S/C17H22N2O5S/c1-24-15-7-6-13(12-14(15)19-16(20)8-9-17(19)21)25(22,23)18-10-4-2-3-5-11-18/h6-7,12H,2-5,8-11H2,1H3. The number of amides is 2. The first-order valence-corrected chi connectivity index (χ1v) is 9.93. The normalized spacial score (nSPS) is 20.0. The molecule has 136 valence electrons. The van der Waals surface area contributed by atoms with Crippen molar-refractivity contribution in [3.05, 3.63) is 18.2 Å². The first kappa shape index (κ1) is 17.9. The molecule has 3 rings (SSSR count). The van der Waals surface area contributed by atoms with E-state index in [0.717, 1.165) is 30.6 Å². The maximum Gasteiger partial charge on any atom is 0.243 e. The Kier molecular flexibility index (Phi) is 5.10.